The summed E-state index contributed by atoms with van der Waals surface area (Å²) in [4.78, 5) is 12.5. The van der Waals surface area contributed by atoms with E-state index in [0.29, 0.717) is 11.1 Å². The van der Waals surface area contributed by atoms with Crippen molar-refractivity contribution < 1.29 is 0 Å². The highest BCUT2D eigenvalue weighted by Gasteiger charge is 2.20. The predicted octanol–water partition coefficient (Wildman–Crippen LogP) is 3.40. The van der Waals surface area contributed by atoms with Gasteiger partial charge in [0.2, 0.25) is 0 Å². The Morgan fingerprint density at radius 3 is 3.05 bits per heavy atom. The molecule has 0 aliphatic heterocycles. The molecule has 1 aliphatic rings. The molecule has 1 atom stereocenters. The fourth-order valence-electron chi connectivity index (χ4n) is 2.51. The highest BCUT2D eigenvalue weighted by Crippen LogP contribution is 2.44. The first-order valence-electron chi connectivity index (χ1n) is 6.34. The number of nitrogens with two attached hydrogens (primary N) is 1. The first-order chi connectivity index (χ1) is 9.83. The minimum absolute atomic E-state index is 0.310. The molecule has 0 saturated heterocycles. The van der Waals surface area contributed by atoms with Crippen LogP contribution >= 0.6 is 11.8 Å². The van der Waals surface area contributed by atoms with Gasteiger partial charge in [-0.15, -0.1) is 11.8 Å². The van der Waals surface area contributed by atoms with E-state index < -0.39 is 0 Å². The van der Waals surface area contributed by atoms with Crippen LogP contribution in [0, 0.1) is 0 Å². The molecule has 1 aromatic carbocycles. The number of thioether (sulfide) groups is 1. The van der Waals surface area contributed by atoms with Crippen molar-refractivity contribution in [3.63, 3.8) is 0 Å². The van der Waals surface area contributed by atoms with E-state index in [2.05, 4.69) is 51.4 Å². The molecule has 5 heteroatoms. The number of hydrogen-bond donors (Lipinski definition) is 2. The highest BCUT2D eigenvalue weighted by molar-refractivity contribution is 8.00. The smallest absolute Gasteiger partial charge is 0.144 e. The number of nitrogen functional groups attached to an aromatic ring is 1. The van der Waals surface area contributed by atoms with Crippen molar-refractivity contribution in [3.05, 3.63) is 54.0 Å². The maximum absolute atomic E-state index is 5.97. The summed E-state index contributed by atoms with van der Waals surface area (Å²) in [7, 11) is 0. The van der Waals surface area contributed by atoms with Gasteiger partial charge in [0, 0.05) is 11.1 Å². The molecule has 4 nitrogen and oxygen atoms in total. The van der Waals surface area contributed by atoms with Gasteiger partial charge in [0.25, 0.3) is 0 Å². The summed E-state index contributed by atoms with van der Waals surface area (Å²) in [5.74, 6) is 0.522. The largest absolute Gasteiger partial charge is 0.383 e. The van der Waals surface area contributed by atoms with Gasteiger partial charge in [-0.3, -0.25) is 0 Å². The predicted molar refractivity (Wildman–Crippen MR) is 82.4 cm³/mol. The van der Waals surface area contributed by atoms with Gasteiger partial charge in [-0.2, -0.15) is 0 Å². The SMILES string of the molecule is Nc1ncnc2[nH]cc(SC3C=Cc4ccccc43)c12. The Morgan fingerprint density at radius 1 is 1.20 bits per heavy atom. The molecule has 0 saturated carbocycles. The minimum Gasteiger partial charge on any atom is -0.383 e. The number of aromatic nitrogens is 3. The van der Waals surface area contributed by atoms with Crippen LogP contribution in [0.1, 0.15) is 16.4 Å². The van der Waals surface area contributed by atoms with Gasteiger partial charge in [0.15, 0.2) is 0 Å². The van der Waals surface area contributed by atoms with Gasteiger partial charge in [0.05, 0.1) is 10.6 Å². The normalized spacial score (nSPS) is 16.7. The molecular weight excluding hydrogens is 268 g/mol. The van der Waals surface area contributed by atoms with Crippen LogP contribution in [0.2, 0.25) is 0 Å². The molecule has 0 bridgehead atoms. The van der Waals surface area contributed by atoms with E-state index in [9.17, 15) is 0 Å². The first kappa shape index (κ1) is 11.5. The number of nitrogens with zero attached hydrogens (tertiary/aromatic N) is 2. The second-order valence-electron chi connectivity index (χ2n) is 4.66. The van der Waals surface area contributed by atoms with Crippen LogP contribution in [-0.2, 0) is 0 Å². The highest BCUT2D eigenvalue weighted by atomic mass is 32.2. The van der Waals surface area contributed by atoms with Gasteiger partial charge in [-0.05, 0) is 11.1 Å². The molecule has 98 valence electrons. The summed E-state index contributed by atoms with van der Waals surface area (Å²) in [5, 5.41) is 1.22. The van der Waals surface area contributed by atoms with Gasteiger partial charge in [-0.1, -0.05) is 36.4 Å². The summed E-state index contributed by atoms with van der Waals surface area (Å²) < 4.78 is 0. The van der Waals surface area contributed by atoms with Crippen molar-refractivity contribution in [1.82, 2.24) is 15.0 Å². The van der Waals surface area contributed by atoms with E-state index in [4.69, 9.17) is 5.73 Å². The average Bonchev–Trinajstić information content (AvgIpc) is 3.06. The molecule has 0 fully saturated rings. The number of rotatable bonds is 2. The summed E-state index contributed by atoms with van der Waals surface area (Å²) in [6.07, 6.45) is 7.82. The van der Waals surface area contributed by atoms with Crippen LogP contribution in [0.3, 0.4) is 0 Å². The van der Waals surface area contributed by atoms with Crippen molar-refractivity contribution >= 4 is 34.7 Å². The maximum atomic E-state index is 5.97. The van der Waals surface area contributed by atoms with Crippen LogP contribution in [-0.4, -0.2) is 15.0 Å². The van der Waals surface area contributed by atoms with Crippen molar-refractivity contribution in [3.8, 4) is 0 Å². The molecule has 0 radical (unpaired) electrons. The lowest BCUT2D eigenvalue weighted by Crippen LogP contribution is -1.93. The number of fused-ring (bicyclic) bond motifs is 2. The lowest BCUT2D eigenvalue weighted by molar-refractivity contribution is 1.21. The molecule has 3 N–H and O–H groups in total. The van der Waals surface area contributed by atoms with Gasteiger partial charge < -0.3 is 10.7 Å². The first-order valence-corrected chi connectivity index (χ1v) is 7.22. The van der Waals surface area contributed by atoms with Gasteiger partial charge in [-0.25, -0.2) is 9.97 Å². The summed E-state index contributed by atoms with van der Waals surface area (Å²) >= 11 is 1.77. The summed E-state index contributed by atoms with van der Waals surface area (Å²) in [6, 6.07) is 8.45. The molecule has 2 aromatic heterocycles. The molecule has 0 amide bonds. The number of benzene rings is 1. The maximum Gasteiger partial charge on any atom is 0.144 e. The fraction of sp³-hybridized carbons (Fsp3) is 0.0667. The zero-order valence-electron chi connectivity index (χ0n) is 10.6. The van der Waals surface area contributed by atoms with E-state index in [1.54, 1.807) is 11.8 Å². The summed E-state index contributed by atoms with van der Waals surface area (Å²) in [5.41, 5.74) is 9.38. The molecule has 0 spiro atoms. The Balaban J connectivity index is 1.75. The van der Waals surface area contributed by atoms with Crippen LogP contribution in [0.5, 0.6) is 0 Å². The minimum atomic E-state index is 0.310. The molecule has 4 rings (SSSR count). The third kappa shape index (κ3) is 1.71. The number of hydrogen-bond acceptors (Lipinski definition) is 4. The van der Waals surface area contributed by atoms with Gasteiger partial charge in [0.1, 0.15) is 17.8 Å². The molecule has 3 aromatic rings. The zero-order valence-corrected chi connectivity index (χ0v) is 11.4. The second-order valence-corrected chi connectivity index (χ2v) is 5.85. The molecule has 1 aliphatic carbocycles. The Kier molecular flexibility index (Phi) is 2.53. The standard InChI is InChI=1S/C15H12N4S/c16-14-13-12(7-17-15(13)19-8-18-14)20-11-6-5-9-3-1-2-4-10(9)11/h1-8,11H,(H3,16,17,18,19). The number of nitrogens with one attached hydrogen (secondary N) is 1. The molecule has 1 unspecified atom stereocenters. The lowest BCUT2D eigenvalue weighted by atomic mass is 10.1. The Hall–Kier alpha value is -2.27. The van der Waals surface area contributed by atoms with Crippen molar-refractivity contribution in [2.75, 3.05) is 5.73 Å². The van der Waals surface area contributed by atoms with E-state index in [1.165, 1.54) is 17.5 Å². The van der Waals surface area contributed by atoms with Crippen LogP contribution < -0.4 is 5.73 Å². The van der Waals surface area contributed by atoms with Crippen LogP contribution in [0.4, 0.5) is 5.82 Å². The number of anilines is 1. The van der Waals surface area contributed by atoms with E-state index in [1.807, 2.05) is 6.20 Å². The number of H-pyrrole nitrogens is 1. The molecule has 20 heavy (non-hydrogen) atoms. The molecule has 2 heterocycles. The number of aromatic amines is 1. The fourth-order valence-corrected chi connectivity index (χ4v) is 3.73. The van der Waals surface area contributed by atoms with Crippen LogP contribution in [0.25, 0.3) is 17.1 Å². The molecular formula is C15H12N4S. The van der Waals surface area contributed by atoms with Crippen molar-refractivity contribution in [1.29, 1.82) is 0 Å². The lowest BCUT2D eigenvalue weighted by Gasteiger charge is -2.10. The quantitative estimate of drug-likeness (QED) is 0.755. The van der Waals surface area contributed by atoms with Crippen molar-refractivity contribution in [2.45, 2.75) is 10.1 Å². The van der Waals surface area contributed by atoms with Crippen LogP contribution in [0.15, 0.2) is 47.8 Å². The Bertz CT molecular complexity index is 822. The zero-order chi connectivity index (χ0) is 13.5. The topological polar surface area (TPSA) is 67.6 Å². The monoisotopic (exact) mass is 280 g/mol. The average molecular weight is 280 g/mol. The van der Waals surface area contributed by atoms with Gasteiger partial charge >= 0.3 is 0 Å². The third-order valence-corrected chi connectivity index (χ3v) is 4.71. The Morgan fingerprint density at radius 2 is 2.10 bits per heavy atom. The van der Waals surface area contributed by atoms with Crippen molar-refractivity contribution in [2.24, 2.45) is 0 Å². The van der Waals surface area contributed by atoms with E-state index >= 15 is 0 Å². The second kappa shape index (κ2) is 4.38. The van der Waals surface area contributed by atoms with E-state index in [-0.39, 0.29) is 0 Å². The van der Waals surface area contributed by atoms with E-state index in [0.717, 1.165) is 15.9 Å². The Labute approximate surface area is 120 Å². The third-order valence-electron chi connectivity index (χ3n) is 3.47. The summed E-state index contributed by atoms with van der Waals surface area (Å²) in [6.45, 7) is 0.